The molecule has 1 saturated heterocycles. The normalized spacial score (nSPS) is 14.5. The van der Waals surface area contributed by atoms with Crippen LogP contribution in [0.2, 0.25) is 0 Å². The second-order valence-electron chi connectivity index (χ2n) is 12.1. The third kappa shape index (κ3) is 7.22. The molecular formula is C36H36N6O5S2. The Morgan fingerprint density at radius 1 is 0.898 bits per heavy atom. The number of rotatable bonds is 10. The summed E-state index contributed by atoms with van der Waals surface area (Å²) in [6.07, 6.45) is 1.88. The monoisotopic (exact) mass is 696 g/mol. The minimum absolute atomic E-state index is 0.0712. The van der Waals surface area contributed by atoms with Crippen molar-refractivity contribution in [1.82, 2.24) is 14.9 Å². The Hall–Kier alpha value is -5.01. The van der Waals surface area contributed by atoms with Gasteiger partial charge in [0.1, 0.15) is 5.75 Å². The van der Waals surface area contributed by atoms with Gasteiger partial charge >= 0.3 is 5.97 Å². The van der Waals surface area contributed by atoms with Gasteiger partial charge in [0.25, 0.3) is 5.91 Å². The van der Waals surface area contributed by atoms with E-state index in [-0.39, 0.29) is 17.5 Å². The smallest absolute Gasteiger partial charge is 0.355 e. The number of piperazine rings is 1. The fraction of sp³-hybridized carbons (Fsp3) is 0.306. The van der Waals surface area contributed by atoms with Gasteiger partial charge in [-0.15, -0.1) is 11.3 Å². The van der Waals surface area contributed by atoms with E-state index >= 15 is 0 Å². The Bertz CT molecular complexity index is 1970. The van der Waals surface area contributed by atoms with E-state index in [4.69, 9.17) is 4.74 Å². The second kappa shape index (κ2) is 14.2. The largest absolute Gasteiger partial charge is 0.494 e. The number of amides is 2. The molecule has 3 aromatic carbocycles. The first-order chi connectivity index (χ1) is 23.8. The number of nitrogens with zero attached hydrogens (tertiary/aromatic N) is 5. The predicted octanol–water partition coefficient (Wildman–Crippen LogP) is 5.95. The molecule has 13 heteroatoms. The number of fused-ring (bicyclic) bond motifs is 2. The topological polar surface area (TPSA) is 128 Å². The number of carboxylic acids is 1. The van der Waals surface area contributed by atoms with Crippen molar-refractivity contribution < 1.29 is 24.2 Å². The van der Waals surface area contributed by atoms with E-state index in [9.17, 15) is 19.5 Å². The zero-order valence-corrected chi connectivity index (χ0v) is 28.7. The molecule has 0 bridgehead atoms. The van der Waals surface area contributed by atoms with Crippen molar-refractivity contribution in [2.75, 3.05) is 54.4 Å². The molecule has 0 saturated carbocycles. The van der Waals surface area contributed by atoms with E-state index in [1.807, 2.05) is 71.6 Å². The van der Waals surface area contributed by atoms with Crippen LogP contribution < -0.4 is 19.9 Å². The Morgan fingerprint density at radius 3 is 2.45 bits per heavy atom. The van der Waals surface area contributed by atoms with Gasteiger partial charge < -0.3 is 24.5 Å². The van der Waals surface area contributed by atoms with Crippen LogP contribution in [0, 0.1) is 0 Å². The number of aryl methyl sites for hydroxylation is 1. The van der Waals surface area contributed by atoms with Crippen LogP contribution >= 0.6 is 22.7 Å². The number of carbonyl (C=O) groups is 3. The van der Waals surface area contributed by atoms with E-state index in [2.05, 4.69) is 25.1 Å². The zero-order chi connectivity index (χ0) is 33.9. The molecule has 1 fully saturated rings. The van der Waals surface area contributed by atoms with E-state index in [1.165, 1.54) is 22.7 Å². The number of ether oxygens (including phenoxy) is 1. The summed E-state index contributed by atoms with van der Waals surface area (Å²) in [6.45, 7) is 6.22. The number of thiazole rings is 2. The lowest BCUT2D eigenvalue weighted by molar-refractivity contribution is -0.129. The molecule has 0 radical (unpaired) electrons. The fourth-order valence-corrected chi connectivity index (χ4v) is 8.29. The first-order valence-electron chi connectivity index (χ1n) is 16.3. The van der Waals surface area contributed by atoms with E-state index < -0.39 is 5.97 Å². The zero-order valence-electron chi connectivity index (χ0n) is 27.1. The van der Waals surface area contributed by atoms with Gasteiger partial charge in [-0.1, -0.05) is 35.6 Å². The highest BCUT2D eigenvalue weighted by molar-refractivity contribution is 7.22. The molecule has 5 aromatic rings. The van der Waals surface area contributed by atoms with Crippen LogP contribution in [0.3, 0.4) is 0 Å². The molecule has 11 nitrogen and oxygen atoms in total. The van der Waals surface area contributed by atoms with Gasteiger partial charge in [-0.05, 0) is 72.9 Å². The minimum Gasteiger partial charge on any atom is -0.494 e. The van der Waals surface area contributed by atoms with Crippen LogP contribution in [0.15, 0.2) is 66.7 Å². The molecule has 2 aromatic heterocycles. The third-order valence-electron chi connectivity index (χ3n) is 8.93. The molecular weight excluding hydrogens is 661 g/mol. The molecule has 0 aliphatic carbocycles. The van der Waals surface area contributed by atoms with Crippen LogP contribution in [-0.2, 0) is 24.2 Å². The lowest BCUT2D eigenvalue weighted by Gasteiger charge is -2.35. The summed E-state index contributed by atoms with van der Waals surface area (Å²) in [4.78, 5) is 53.2. The van der Waals surface area contributed by atoms with Gasteiger partial charge in [0.2, 0.25) is 5.91 Å². The Morgan fingerprint density at radius 2 is 1.69 bits per heavy atom. The average molecular weight is 697 g/mol. The highest BCUT2D eigenvalue weighted by Crippen LogP contribution is 2.33. The summed E-state index contributed by atoms with van der Waals surface area (Å²) in [5.74, 6) is -0.398. The molecule has 0 atom stereocenters. The van der Waals surface area contributed by atoms with Gasteiger partial charge in [0, 0.05) is 62.3 Å². The second-order valence-corrected chi connectivity index (χ2v) is 14.2. The van der Waals surface area contributed by atoms with Crippen molar-refractivity contribution >= 4 is 66.6 Å². The van der Waals surface area contributed by atoms with E-state index in [1.54, 1.807) is 6.92 Å². The summed E-state index contributed by atoms with van der Waals surface area (Å²) in [6, 6.07) is 21.5. The molecule has 2 aliphatic heterocycles. The van der Waals surface area contributed by atoms with Crippen molar-refractivity contribution in [2.45, 2.75) is 32.7 Å². The molecule has 4 heterocycles. The quantitative estimate of drug-likeness (QED) is 0.170. The highest BCUT2D eigenvalue weighted by Gasteiger charge is 2.27. The number of carbonyl (C=O) groups excluding carboxylic acids is 2. The van der Waals surface area contributed by atoms with E-state index in [0.29, 0.717) is 53.2 Å². The molecule has 2 N–H and O–H groups in total. The van der Waals surface area contributed by atoms with Crippen LogP contribution in [0.4, 0.5) is 16.0 Å². The maximum atomic E-state index is 13.4. The van der Waals surface area contributed by atoms with Crippen molar-refractivity contribution in [2.24, 2.45) is 0 Å². The molecule has 0 spiro atoms. The molecule has 49 heavy (non-hydrogen) atoms. The van der Waals surface area contributed by atoms with Gasteiger partial charge in [-0.2, -0.15) is 0 Å². The standard InChI is InChI=1S/C36H36N6O5S2/c1-23(43)40-17-19-41(20-18-40)25-11-13-26(14-12-25)47-21-5-10-31-32(34(45)46)38-36(49-31)42-16-15-24-6-4-7-27(28(24)22-42)33(44)39-35-37-29-8-2-3-9-30(29)48-35/h2-4,6-9,11-14H,5,10,15-22H2,1H3,(H,45,46)(H,37,39,44). The average Bonchev–Trinajstić information content (AvgIpc) is 3.74. The number of anilines is 3. The first-order valence-corrected chi connectivity index (χ1v) is 17.9. The Labute approximate surface area is 291 Å². The fourth-order valence-electron chi connectivity index (χ4n) is 6.31. The third-order valence-corrected chi connectivity index (χ3v) is 11.1. The molecule has 7 rings (SSSR count). The number of benzene rings is 3. The Balaban J connectivity index is 0.966. The summed E-state index contributed by atoms with van der Waals surface area (Å²) in [7, 11) is 0. The predicted molar refractivity (Wildman–Crippen MR) is 193 cm³/mol. The van der Waals surface area contributed by atoms with E-state index in [0.717, 1.165) is 65.4 Å². The lowest BCUT2D eigenvalue weighted by atomic mass is 9.94. The highest BCUT2D eigenvalue weighted by atomic mass is 32.1. The number of hydrogen-bond acceptors (Lipinski definition) is 10. The number of hydrogen-bond donors (Lipinski definition) is 2. The van der Waals surface area contributed by atoms with Gasteiger partial charge in [0.05, 0.1) is 16.8 Å². The minimum atomic E-state index is -1.05. The summed E-state index contributed by atoms with van der Waals surface area (Å²) < 4.78 is 7.00. The number of aromatic carboxylic acids is 1. The van der Waals surface area contributed by atoms with Gasteiger partial charge in [-0.3, -0.25) is 14.9 Å². The van der Waals surface area contributed by atoms with Gasteiger partial charge in [0.15, 0.2) is 16.0 Å². The van der Waals surface area contributed by atoms with Crippen molar-refractivity contribution in [1.29, 1.82) is 0 Å². The molecule has 2 aliphatic rings. The Kier molecular flexibility index (Phi) is 9.45. The van der Waals surface area contributed by atoms with Crippen molar-refractivity contribution in [3.63, 3.8) is 0 Å². The first kappa shape index (κ1) is 32.5. The van der Waals surface area contributed by atoms with Gasteiger partial charge in [-0.25, -0.2) is 14.8 Å². The van der Waals surface area contributed by atoms with Crippen LogP contribution in [0.5, 0.6) is 5.75 Å². The maximum absolute atomic E-state index is 13.4. The lowest BCUT2D eigenvalue weighted by Crippen LogP contribution is -2.48. The van der Waals surface area contributed by atoms with Crippen LogP contribution in [0.25, 0.3) is 10.2 Å². The maximum Gasteiger partial charge on any atom is 0.355 e. The van der Waals surface area contributed by atoms with Crippen LogP contribution in [-0.4, -0.2) is 77.1 Å². The van der Waals surface area contributed by atoms with Crippen molar-refractivity contribution in [3.8, 4) is 5.75 Å². The number of aromatic nitrogens is 2. The molecule has 252 valence electrons. The summed E-state index contributed by atoms with van der Waals surface area (Å²) in [5, 5.41) is 14.1. The number of nitrogens with one attached hydrogen (secondary N) is 1. The van der Waals surface area contributed by atoms with Crippen molar-refractivity contribution in [3.05, 3.63) is 94.0 Å². The summed E-state index contributed by atoms with van der Waals surface area (Å²) in [5.41, 5.74) is 4.61. The SMILES string of the molecule is CC(=O)N1CCN(c2ccc(OCCCc3sc(N4CCc5cccc(C(=O)Nc6nc7ccccc7s6)c5C4)nc3C(=O)O)cc2)CC1. The molecule has 0 unspecified atom stereocenters. The van der Waals surface area contributed by atoms with Crippen LogP contribution in [0.1, 0.15) is 50.2 Å². The number of carboxylic acid groups (broad SMARTS) is 1. The number of para-hydroxylation sites is 1. The molecule has 2 amide bonds. The summed E-state index contributed by atoms with van der Waals surface area (Å²) >= 11 is 2.83.